The van der Waals surface area contributed by atoms with E-state index in [-0.39, 0.29) is 47.5 Å². The summed E-state index contributed by atoms with van der Waals surface area (Å²) >= 11 is 0. The van der Waals surface area contributed by atoms with Crippen LogP contribution in [0.2, 0.25) is 0 Å². The van der Waals surface area contributed by atoms with E-state index >= 15 is 0 Å². The normalized spacial score (nSPS) is 26.4. The number of anilines is 2. The molecule has 2 fully saturated rings. The van der Waals surface area contributed by atoms with E-state index in [4.69, 9.17) is 44.4 Å². The second-order valence-corrected chi connectivity index (χ2v) is 21.2. The van der Waals surface area contributed by atoms with Crippen molar-refractivity contribution >= 4 is 49.8 Å². The van der Waals surface area contributed by atoms with Crippen LogP contribution in [0.1, 0.15) is 51.9 Å². The Morgan fingerprint density at radius 2 is 1.26 bits per heavy atom. The molecular formula is C44H56N10O16P2. The van der Waals surface area contributed by atoms with Gasteiger partial charge in [-0.15, -0.1) is 0 Å². The van der Waals surface area contributed by atoms with Crippen molar-refractivity contribution in [2.75, 3.05) is 43.6 Å². The minimum Gasteiger partial charge on any atom is -0.481 e. The van der Waals surface area contributed by atoms with Gasteiger partial charge in [0, 0.05) is 0 Å². The Morgan fingerprint density at radius 1 is 0.778 bits per heavy atom. The van der Waals surface area contributed by atoms with Crippen molar-refractivity contribution in [3.05, 3.63) is 78.6 Å². The zero-order chi connectivity index (χ0) is 52.8. The van der Waals surface area contributed by atoms with Gasteiger partial charge < -0.3 is 65.2 Å². The number of rotatable bonds is 20. The number of esters is 1. The molecule has 0 amide bonds. The number of aliphatic hydroxyl groups is 4. The van der Waals surface area contributed by atoms with Crippen molar-refractivity contribution in [1.82, 2.24) is 29.2 Å². The molecule has 0 bridgehead atoms. The number of aliphatic carboxylic acids is 1. The molecule has 388 valence electrons. The Balaban J connectivity index is 0.000000249. The Hall–Kier alpha value is -6.12. The second-order valence-electron chi connectivity index (χ2n) is 17.3. The topological polar surface area (TPSA) is 405 Å². The molecule has 72 heavy (non-hydrogen) atoms. The summed E-state index contributed by atoms with van der Waals surface area (Å²) in [6.45, 7) is 5.90. The van der Waals surface area contributed by atoms with Crippen molar-refractivity contribution in [2.24, 2.45) is 17.8 Å². The number of fused-ring (bicyclic) bond motifs is 2. The van der Waals surface area contributed by atoms with Crippen LogP contribution < -0.4 is 16.0 Å². The third kappa shape index (κ3) is 11.5. The molecule has 10 N–H and O–H groups in total. The first kappa shape index (κ1) is 55.2. The molecule has 28 heteroatoms. The Kier molecular flexibility index (Phi) is 17.4. The summed E-state index contributed by atoms with van der Waals surface area (Å²) in [7, 11) is -8.40. The van der Waals surface area contributed by atoms with Crippen LogP contribution >= 0.6 is 15.2 Å². The molecule has 1 aromatic carbocycles. The van der Waals surface area contributed by atoms with Crippen LogP contribution in [0, 0.1) is 40.4 Å². The standard InChI is InChI=1S/C28H36N5O8P.C16H20N5O8P/c1-4-19(5-2)13-38-27(36)18(3)15-42(37,41-20-9-7-6-8-10-20)39-14-22-24(34)25(35)28(16-29,40-22)23-12-11-21-26(30)31-17-32-33(21)23;1-8(15(24)25)5-30(26,27)28-4-10-12(22)13(23)16(6-17,29-10)11-3-2-9-14(18)19-7-20-21(9)11/h6-12,17-19,22,24-25,34-35H,4-5,13-15H2,1-3H3,(H2,30,31,32);2-3,7-8,10,12-13,22-23H,4-5H2,1H3,(H,24,25)(H,26,27)(H2,18,19,20)/t18-,22-,24-,25-,28+,42+;8?,10-,12-,13-,16+/m11/s1. The lowest BCUT2D eigenvalue weighted by Crippen LogP contribution is -2.41. The third-order valence-electron chi connectivity index (χ3n) is 12.3. The maximum Gasteiger partial charge on any atom is 0.380 e. The highest BCUT2D eigenvalue weighted by molar-refractivity contribution is 7.54. The molecule has 2 saturated heterocycles. The quantitative estimate of drug-likeness (QED) is 0.0409. The Morgan fingerprint density at radius 3 is 1.72 bits per heavy atom. The first-order valence-electron chi connectivity index (χ1n) is 22.5. The number of ether oxygens (including phenoxy) is 3. The minimum atomic E-state index is -4.34. The summed E-state index contributed by atoms with van der Waals surface area (Å²) < 4.78 is 62.1. The first-order valence-corrected chi connectivity index (χ1v) is 26.0. The predicted octanol–water partition coefficient (Wildman–Crippen LogP) is 2.13. The largest absolute Gasteiger partial charge is 0.481 e. The smallest absolute Gasteiger partial charge is 0.380 e. The molecule has 2 aliphatic rings. The molecule has 7 rings (SSSR count). The predicted molar refractivity (Wildman–Crippen MR) is 250 cm³/mol. The zero-order valence-corrected chi connectivity index (χ0v) is 41.2. The fraction of sp³-hybridized carbons (Fsp3) is 0.500. The van der Waals surface area contributed by atoms with Crippen LogP contribution in [0.5, 0.6) is 5.75 Å². The number of aliphatic hydroxyl groups excluding tert-OH is 4. The Bertz CT molecular complexity index is 2890. The van der Waals surface area contributed by atoms with Crippen molar-refractivity contribution in [1.29, 1.82) is 10.5 Å². The number of carbonyl (C=O) groups is 2. The molecule has 0 aliphatic carbocycles. The Labute approximate surface area is 411 Å². The summed E-state index contributed by atoms with van der Waals surface area (Å²) in [5.41, 5.74) is 8.43. The van der Waals surface area contributed by atoms with Crippen LogP contribution in [0.25, 0.3) is 11.0 Å². The number of aromatic nitrogens is 6. The van der Waals surface area contributed by atoms with Crippen LogP contribution in [0.4, 0.5) is 11.6 Å². The number of hydrogen-bond donors (Lipinski definition) is 8. The van der Waals surface area contributed by atoms with E-state index in [0.717, 1.165) is 19.2 Å². The summed E-state index contributed by atoms with van der Waals surface area (Å²) in [6.07, 6.45) is -6.32. The highest BCUT2D eigenvalue weighted by atomic mass is 31.2. The van der Waals surface area contributed by atoms with Crippen LogP contribution in [0.3, 0.4) is 0 Å². The second kappa shape index (κ2) is 22.7. The van der Waals surface area contributed by atoms with Gasteiger partial charge in [-0.1, -0.05) is 58.7 Å². The highest BCUT2D eigenvalue weighted by Gasteiger charge is 2.59. The number of nitrogen functional groups attached to an aromatic ring is 2. The lowest BCUT2D eigenvalue weighted by Gasteiger charge is -2.25. The van der Waals surface area contributed by atoms with Crippen LogP contribution in [0.15, 0.2) is 67.3 Å². The third-order valence-corrected chi connectivity index (χ3v) is 15.9. The van der Waals surface area contributed by atoms with Gasteiger partial charge >= 0.3 is 27.1 Å². The van der Waals surface area contributed by atoms with E-state index < -0.39 is 106 Å². The SMILES string of the molecule is CC(CP(=O)(O)OC[C@H]1O[C@@](C#N)(c2ccc3c(N)ncnn23)[C@H](O)[C@@H]1O)C(=O)O.CCC(CC)COC(=O)[C@H](C)C[P@](=O)(OC[C@H]1O[C@@](C#N)(c2ccc3c(N)ncnn23)[C@H](O)[C@@H]1O)Oc1ccccc1. The lowest BCUT2D eigenvalue weighted by molar-refractivity contribution is -0.148. The molecule has 2 unspecified atom stereocenters. The molecule has 6 heterocycles. The van der Waals surface area contributed by atoms with Gasteiger partial charge in [-0.2, -0.15) is 20.7 Å². The van der Waals surface area contributed by atoms with Gasteiger partial charge in [-0.3, -0.25) is 18.7 Å². The number of para-hydroxylation sites is 1. The fourth-order valence-electron chi connectivity index (χ4n) is 7.99. The fourth-order valence-corrected chi connectivity index (χ4v) is 11.2. The van der Waals surface area contributed by atoms with E-state index in [0.29, 0.717) is 11.0 Å². The maximum absolute atomic E-state index is 14.0. The molecule has 5 aromatic rings. The number of carbonyl (C=O) groups excluding carboxylic acids is 1. The zero-order valence-electron chi connectivity index (χ0n) is 39.4. The average Bonchev–Trinajstić information content (AvgIpc) is 4.12. The summed E-state index contributed by atoms with van der Waals surface area (Å²) in [4.78, 5) is 41.2. The summed E-state index contributed by atoms with van der Waals surface area (Å²) in [6, 6.07) is 18.1. The average molecular weight is 1040 g/mol. The molecule has 0 saturated carbocycles. The molecule has 4 aromatic heterocycles. The van der Waals surface area contributed by atoms with Crippen LogP contribution in [-0.2, 0) is 53.2 Å². The van der Waals surface area contributed by atoms with E-state index in [1.807, 2.05) is 26.0 Å². The molecule has 0 radical (unpaired) electrons. The first-order chi connectivity index (χ1) is 34.1. The number of benzene rings is 1. The number of carboxylic acids is 1. The minimum absolute atomic E-state index is 0.0647. The van der Waals surface area contributed by atoms with Gasteiger partial charge in [0.1, 0.15) is 78.2 Å². The lowest BCUT2D eigenvalue weighted by atomic mass is 9.92. The number of nitrogens with zero attached hydrogens (tertiary/aromatic N) is 8. The number of nitriles is 2. The van der Waals surface area contributed by atoms with E-state index in [2.05, 4.69) is 20.2 Å². The molecule has 2 aliphatic heterocycles. The van der Waals surface area contributed by atoms with Gasteiger partial charge in [0.15, 0.2) is 11.6 Å². The number of carboxylic acid groups (broad SMARTS) is 1. The van der Waals surface area contributed by atoms with E-state index in [1.54, 1.807) is 43.3 Å². The maximum atomic E-state index is 14.0. The van der Waals surface area contributed by atoms with E-state index in [1.165, 1.54) is 40.5 Å². The monoisotopic (exact) mass is 1040 g/mol. The molecule has 26 nitrogen and oxygen atoms in total. The van der Waals surface area contributed by atoms with Crippen molar-refractivity contribution in [3.8, 4) is 17.9 Å². The highest BCUT2D eigenvalue weighted by Crippen LogP contribution is 2.52. The summed E-state index contributed by atoms with van der Waals surface area (Å²) in [5, 5.41) is 79.8. The van der Waals surface area contributed by atoms with E-state index in [9.17, 15) is 54.6 Å². The van der Waals surface area contributed by atoms with Gasteiger partial charge in [-0.05, 0) is 42.3 Å². The van der Waals surface area contributed by atoms with Gasteiger partial charge in [0.25, 0.3) is 0 Å². The summed E-state index contributed by atoms with van der Waals surface area (Å²) in [5.74, 6) is -3.08. The van der Waals surface area contributed by atoms with Crippen LogP contribution in [-0.4, -0.2) is 140 Å². The van der Waals surface area contributed by atoms with Gasteiger partial charge in [-0.25, -0.2) is 23.6 Å². The molecule has 0 spiro atoms. The van der Waals surface area contributed by atoms with Gasteiger partial charge in [0.05, 0.1) is 55.4 Å². The van der Waals surface area contributed by atoms with Gasteiger partial charge in [0.2, 0.25) is 11.2 Å². The molecule has 12 atom stereocenters. The van der Waals surface area contributed by atoms with Crippen molar-refractivity contribution in [2.45, 2.75) is 88.4 Å². The van der Waals surface area contributed by atoms with Crippen molar-refractivity contribution < 1.29 is 76.9 Å². The number of hydrogen-bond acceptors (Lipinski definition) is 22. The van der Waals surface area contributed by atoms with Crippen molar-refractivity contribution in [3.63, 3.8) is 0 Å². The number of nitrogens with two attached hydrogens (primary N) is 2. The molecular weight excluding hydrogens is 986 g/mol.